The van der Waals surface area contributed by atoms with Crippen molar-refractivity contribution in [3.63, 3.8) is 0 Å². The van der Waals surface area contributed by atoms with Gasteiger partial charge in [0.25, 0.3) is 0 Å². The van der Waals surface area contributed by atoms with Gasteiger partial charge in [0.2, 0.25) is 5.91 Å². The molecule has 4 rings (SSSR count). The molecule has 8 nitrogen and oxygen atoms in total. The van der Waals surface area contributed by atoms with E-state index in [1.54, 1.807) is 24.5 Å². The summed E-state index contributed by atoms with van der Waals surface area (Å²) in [5, 5.41) is 14.8. The molecule has 1 aliphatic rings. The summed E-state index contributed by atoms with van der Waals surface area (Å²) in [5.41, 5.74) is 1.63. The number of carbonyl (C=O) groups excluding carboxylic acids is 1. The van der Waals surface area contributed by atoms with E-state index in [0.717, 1.165) is 24.2 Å². The first kappa shape index (κ1) is 19.1. The van der Waals surface area contributed by atoms with E-state index in [2.05, 4.69) is 30.7 Å². The van der Waals surface area contributed by atoms with Crippen molar-refractivity contribution in [2.75, 3.05) is 13.1 Å². The molecule has 0 bridgehead atoms. The minimum absolute atomic E-state index is 0.0128. The van der Waals surface area contributed by atoms with Crippen molar-refractivity contribution >= 4 is 5.91 Å². The summed E-state index contributed by atoms with van der Waals surface area (Å²) in [5.74, 6) is 0.115. The van der Waals surface area contributed by atoms with Crippen molar-refractivity contribution in [3.8, 4) is 0 Å². The average molecular weight is 395 g/mol. The largest absolute Gasteiger partial charge is 0.344 e. The van der Waals surface area contributed by atoms with E-state index in [0.29, 0.717) is 12.4 Å². The molecule has 0 spiro atoms. The van der Waals surface area contributed by atoms with Gasteiger partial charge in [-0.3, -0.25) is 14.7 Å². The Balaban J connectivity index is 1.49. The maximum Gasteiger partial charge on any atom is 0.242 e. The zero-order valence-electron chi connectivity index (χ0n) is 15.9. The second kappa shape index (κ2) is 8.87. The van der Waals surface area contributed by atoms with Crippen molar-refractivity contribution in [1.82, 2.24) is 35.4 Å². The summed E-state index contributed by atoms with van der Waals surface area (Å²) >= 11 is 0. The Morgan fingerprint density at radius 2 is 1.76 bits per heavy atom. The van der Waals surface area contributed by atoms with Gasteiger partial charge in [-0.15, -0.1) is 5.10 Å². The molecule has 3 heterocycles. The minimum Gasteiger partial charge on any atom is -0.344 e. The number of rotatable bonds is 7. The third kappa shape index (κ3) is 4.80. The normalized spacial score (nSPS) is 15.3. The topological polar surface area (TPSA) is 88.8 Å². The van der Waals surface area contributed by atoms with Crippen molar-refractivity contribution in [3.05, 3.63) is 71.6 Å². The number of amides is 1. The maximum atomic E-state index is 13.4. The molecule has 29 heavy (non-hydrogen) atoms. The van der Waals surface area contributed by atoms with Gasteiger partial charge in [0.1, 0.15) is 12.4 Å². The number of aromatic nitrogens is 5. The van der Waals surface area contributed by atoms with Crippen molar-refractivity contribution in [2.24, 2.45) is 0 Å². The van der Waals surface area contributed by atoms with Crippen molar-refractivity contribution in [1.29, 1.82) is 0 Å². The Morgan fingerprint density at radius 3 is 2.48 bits per heavy atom. The van der Waals surface area contributed by atoms with Gasteiger partial charge in [-0.1, -0.05) is 12.1 Å². The fourth-order valence-corrected chi connectivity index (χ4v) is 3.51. The second-order valence-corrected chi connectivity index (χ2v) is 7.07. The smallest absolute Gasteiger partial charge is 0.242 e. The molecule has 9 heteroatoms. The summed E-state index contributed by atoms with van der Waals surface area (Å²) in [7, 11) is 0. The molecule has 1 aliphatic heterocycles. The van der Waals surface area contributed by atoms with E-state index in [4.69, 9.17) is 0 Å². The molecule has 0 saturated carbocycles. The molecule has 0 aliphatic carbocycles. The average Bonchev–Trinajstić information content (AvgIpc) is 3.40. The summed E-state index contributed by atoms with van der Waals surface area (Å²) in [6.07, 6.45) is 5.67. The summed E-state index contributed by atoms with van der Waals surface area (Å²) in [4.78, 5) is 19.1. The van der Waals surface area contributed by atoms with Crippen LogP contribution in [0.4, 0.5) is 4.39 Å². The quantitative estimate of drug-likeness (QED) is 0.655. The van der Waals surface area contributed by atoms with E-state index >= 15 is 0 Å². The molecule has 0 unspecified atom stereocenters. The monoisotopic (exact) mass is 395 g/mol. The lowest BCUT2D eigenvalue weighted by atomic mass is 9.99. The molecule has 0 radical (unpaired) electrons. The standard InChI is InChI=1S/C20H22FN7O/c21-17-5-3-15(4-6-17)20(16-7-9-22-10-8-16)23-19(29)14-28-18(24-25-26-28)13-27-11-1-2-12-27/h3-10,20H,1-2,11-14H2,(H,23,29)/t20-/m0/s1. The lowest BCUT2D eigenvalue weighted by Crippen LogP contribution is -2.33. The van der Waals surface area contributed by atoms with E-state index in [9.17, 15) is 9.18 Å². The molecule has 3 aromatic rings. The number of hydrogen-bond donors (Lipinski definition) is 1. The van der Waals surface area contributed by atoms with Crippen LogP contribution in [0.5, 0.6) is 0 Å². The van der Waals surface area contributed by atoms with Gasteiger partial charge in [-0.05, 0) is 71.8 Å². The molecular formula is C20H22FN7O. The number of hydrogen-bond acceptors (Lipinski definition) is 6. The van der Waals surface area contributed by atoms with E-state index in [-0.39, 0.29) is 18.3 Å². The third-order valence-electron chi connectivity index (χ3n) is 5.01. The number of nitrogens with one attached hydrogen (secondary N) is 1. The molecule has 1 amide bonds. The number of halogens is 1. The van der Waals surface area contributed by atoms with Gasteiger partial charge < -0.3 is 5.32 Å². The van der Waals surface area contributed by atoms with Crippen LogP contribution in [-0.2, 0) is 17.9 Å². The highest BCUT2D eigenvalue weighted by Gasteiger charge is 2.20. The number of benzene rings is 1. The van der Waals surface area contributed by atoms with Crippen LogP contribution in [0.1, 0.15) is 35.8 Å². The number of carbonyl (C=O) groups is 1. The highest BCUT2D eigenvalue weighted by atomic mass is 19.1. The molecule has 1 fully saturated rings. The first-order valence-electron chi connectivity index (χ1n) is 9.61. The predicted octanol–water partition coefficient (Wildman–Crippen LogP) is 1.71. The number of nitrogens with zero attached hydrogens (tertiary/aromatic N) is 6. The Kier molecular flexibility index (Phi) is 5.85. The SMILES string of the molecule is O=C(Cn1nnnc1CN1CCCC1)N[C@H](c1ccncc1)c1ccc(F)cc1. The Bertz CT molecular complexity index is 939. The van der Waals surface area contributed by atoms with Gasteiger partial charge in [0.05, 0.1) is 12.6 Å². The van der Waals surface area contributed by atoms with Crippen LogP contribution in [0.3, 0.4) is 0 Å². The van der Waals surface area contributed by atoms with Crippen LogP contribution in [0, 0.1) is 5.82 Å². The molecular weight excluding hydrogens is 373 g/mol. The van der Waals surface area contributed by atoms with E-state index in [1.807, 2.05) is 12.1 Å². The van der Waals surface area contributed by atoms with Crippen LogP contribution >= 0.6 is 0 Å². The summed E-state index contributed by atoms with van der Waals surface area (Å²) in [6, 6.07) is 9.31. The van der Waals surface area contributed by atoms with Gasteiger partial charge in [-0.2, -0.15) is 0 Å². The molecule has 1 aromatic carbocycles. The molecule has 1 atom stereocenters. The number of pyridine rings is 1. The highest BCUT2D eigenvalue weighted by Crippen LogP contribution is 2.22. The first-order valence-corrected chi connectivity index (χ1v) is 9.61. The third-order valence-corrected chi connectivity index (χ3v) is 5.01. The lowest BCUT2D eigenvalue weighted by Gasteiger charge is -2.20. The predicted molar refractivity (Wildman–Crippen MR) is 103 cm³/mol. The Labute approximate surface area is 167 Å². The van der Waals surface area contributed by atoms with Crippen LogP contribution in [0.15, 0.2) is 48.8 Å². The van der Waals surface area contributed by atoms with E-state index in [1.165, 1.54) is 29.7 Å². The van der Waals surface area contributed by atoms with Crippen molar-refractivity contribution < 1.29 is 9.18 Å². The number of tetrazole rings is 1. The summed E-state index contributed by atoms with van der Waals surface area (Å²) in [6.45, 7) is 2.69. The van der Waals surface area contributed by atoms with Crippen LogP contribution < -0.4 is 5.32 Å². The van der Waals surface area contributed by atoms with Crippen LogP contribution in [0.25, 0.3) is 0 Å². The molecule has 150 valence electrons. The minimum atomic E-state index is -0.426. The number of likely N-dealkylation sites (tertiary alicyclic amines) is 1. The van der Waals surface area contributed by atoms with Gasteiger partial charge >= 0.3 is 0 Å². The zero-order valence-corrected chi connectivity index (χ0v) is 15.9. The second-order valence-electron chi connectivity index (χ2n) is 7.07. The molecule has 2 aromatic heterocycles. The van der Waals surface area contributed by atoms with E-state index < -0.39 is 6.04 Å². The highest BCUT2D eigenvalue weighted by molar-refractivity contribution is 5.76. The zero-order chi connectivity index (χ0) is 20.1. The van der Waals surface area contributed by atoms with Crippen molar-refractivity contribution in [2.45, 2.75) is 32.0 Å². The van der Waals surface area contributed by atoms with Gasteiger partial charge in [-0.25, -0.2) is 9.07 Å². The Hall–Kier alpha value is -3.20. The molecule has 1 N–H and O–H groups in total. The fraction of sp³-hybridized carbons (Fsp3) is 0.350. The van der Waals surface area contributed by atoms with Crippen LogP contribution in [0.2, 0.25) is 0 Å². The van der Waals surface area contributed by atoms with Gasteiger partial charge in [0.15, 0.2) is 5.82 Å². The van der Waals surface area contributed by atoms with Crippen LogP contribution in [-0.4, -0.2) is 49.1 Å². The first-order chi connectivity index (χ1) is 14.2. The lowest BCUT2D eigenvalue weighted by molar-refractivity contribution is -0.122. The summed E-state index contributed by atoms with van der Waals surface area (Å²) < 4.78 is 14.9. The Morgan fingerprint density at radius 1 is 1.07 bits per heavy atom. The maximum absolute atomic E-state index is 13.4. The molecule has 1 saturated heterocycles. The fourth-order valence-electron chi connectivity index (χ4n) is 3.51. The van der Waals surface area contributed by atoms with Gasteiger partial charge in [0, 0.05) is 12.4 Å².